The zero-order valence-electron chi connectivity index (χ0n) is 15.1. The number of carbonyl (C=O) groups is 1. The molecule has 0 atom stereocenters. The summed E-state index contributed by atoms with van der Waals surface area (Å²) < 4.78 is 54.9. The molecule has 0 saturated heterocycles. The third-order valence-corrected chi connectivity index (χ3v) is 4.60. The smallest absolute Gasteiger partial charge is 0.418 e. The van der Waals surface area contributed by atoms with E-state index in [4.69, 9.17) is 11.5 Å². The first kappa shape index (κ1) is 19.5. The number of aryl methyl sites for hydroxylation is 2. The Bertz CT molecular complexity index is 1150. The fourth-order valence-electron chi connectivity index (χ4n) is 3.34. The van der Waals surface area contributed by atoms with Gasteiger partial charge in [0, 0.05) is 10.9 Å². The third-order valence-electron chi connectivity index (χ3n) is 4.60. The molecule has 10 heteroatoms. The molecule has 3 rings (SSSR count). The van der Waals surface area contributed by atoms with Gasteiger partial charge in [0.25, 0.3) is 5.91 Å². The highest BCUT2D eigenvalue weighted by Gasteiger charge is 2.35. The minimum Gasteiger partial charge on any atom is -0.505 e. The molecule has 3 aromatic rings. The maximum absolute atomic E-state index is 13.8. The van der Waals surface area contributed by atoms with Crippen molar-refractivity contribution in [2.45, 2.75) is 26.9 Å². The van der Waals surface area contributed by atoms with Crippen LogP contribution < -0.4 is 11.5 Å². The number of amides is 1. The van der Waals surface area contributed by atoms with Gasteiger partial charge in [0.15, 0.2) is 11.6 Å². The van der Waals surface area contributed by atoms with E-state index in [1.54, 1.807) is 0 Å². The molecule has 5 N–H and O–H groups in total. The molecule has 0 aliphatic carbocycles. The Kier molecular flexibility index (Phi) is 4.25. The number of benzene rings is 1. The van der Waals surface area contributed by atoms with Crippen LogP contribution in [0.15, 0.2) is 12.1 Å². The number of nitrogen functional groups attached to an aromatic ring is 1. The van der Waals surface area contributed by atoms with Gasteiger partial charge >= 0.3 is 6.18 Å². The minimum absolute atomic E-state index is 0.0611. The molecule has 2 aromatic heterocycles. The normalized spacial score (nSPS) is 12.0. The van der Waals surface area contributed by atoms with Gasteiger partial charge in [-0.15, -0.1) is 0 Å². The maximum atomic E-state index is 13.8. The van der Waals surface area contributed by atoms with E-state index in [1.165, 1.54) is 25.3 Å². The first-order valence-corrected chi connectivity index (χ1v) is 8.03. The summed E-state index contributed by atoms with van der Waals surface area (Å²) >= 11 is 0. The van der Waals surface area contributed by atoms with Gasteiger partial charge in [0.05, 0.1) is 22.5 Å². The molecule has 6 nitrogen and oxygen atoms in total. The summed E-state index contributed by atoms with van der Waals surface area (Å²) in [7, 11) is 0. The molecular formula is C18H16F4N4O2. The maximum Gasteiger partial charge on any atom is 0.418 e. The number of hydrogen-bond acceptors (Lipinski definition) is 4. The van der Waals surface area contributed by atoms with Crippen LogP contribution in [0.3, 0.4) is 0 Å². The summed E-state index contributed by atoms with van der Waals surface area (Å²) in [5.74, 6) is -2.81. The highest BCUT2D eigenvalue weighted by atomic mass is 19.4. The Labute approximate surface area is 156 Å². The lowest BCUT2D eigenvalue weighted by Crippen LogP contribution is -2.14. The number of aromatic nitrogens is 2. The number of aromatic hydroxyl groups is 1. The zero-order chi connectivity index (χ0) is 21.1. The van der Waals surface area contributed by atoms with Crippen LogP contribution >= 0.6 is 0 Å². The van der Waals surface area contributed by atoms with E-state index in [1.807, 2.05) is 0 Å². The van der Waals surface area contributed by atoms with Crippen LogP contribution in [0, 0.1) is 26.6 Å². The van der Waals surface area contributed by atoms with Crippen LogP contribution in [0.1, 0.15) is 32.7 Å². The largest absolute Gasteiger partial charge is 0.505 e. The first-order valence-electron chi connectivity index (χ1n) is 8.03. The molecule has 0 aliphatic rings. The number of fused-ring (bicyclic) bond motifs is 1. The van der Waals surface area contributed by atoms with Crippen molar-refractivity contribution in [3.8, 4) is 11.4 Å². The summed E-state index contributed by atoms with van der Waals surface area (Å²) in [6, 6.07) is 1.81. The number of rotatable bonds is 2. The van der Waals surface area contributed by atoms with Crippen LogP contribution in [0.2, 0.25) is 0 Å². The van der Waals surface area contributed by atoms with Gasteiger partial charge in [0.2, 0.25) is 0 Å². The minimum atomic E-state index is -4.70. The highest BCUT2D eigenvalue weighted by Crippen LogP contribution is 2.39. The number of phenols is 1. The van der Waals surface area contributed by atoms with E-state index in [0.717, 1.165) is 12.1 Å². The number of anilines is 1. The van der Waals surface area contributed by atoms with Gasteiger partial charge in [-0.05, 0) is 38.5 Å². The van der Waals surface area contributed by atoms with E-state index in [9.17, 15) is 27.5 Å². The average molecular weight is 396 g/mol. The molecule has 1 amide bonds. The predicted molar refractivity (Wildman–Crippen MR) is 94.8 cm³/mol. The molecule has 0 bridgehead atoms. The Morgan fingerprint density at radius 2 is 1.82 bits per heavy atom. The van der Waals surface area contributed by atoms with Gasteiger partial charge in [-0.2, -0.15) is 13.2 Å². The van der Waals surface area contributed by atoms with Crippen LogP contribution in [-0.4, -0.2) is 20.6 Å². The lowest BCUT2D eigenvalue weighted by Gasteiger charge is -2.16. The Balaban J connectivity index is 2.54. The fraction of sp³-hybridized carbons (Fsp3) is 0.222. The van der Waals surface area contributed by atoms with Gasteiger partial charge in [-0.25, -0.2) is 9.37 Å². The van der Waals surface area contributed by atoms with Crippen LogP contribution in [0.5, 0.6) is 5.75 Å². The van der Waals surface area contributed by atoms with Gasteiger partial charge < -0.3 is 16.6 Å². The molecule has 1 aromatic carbocycles. The van der Waals surface area contributed by atoms with E-state index in [2.05, 4.69) is 4.98 Å². The molecule has 0 saturated carbocycles. The summed E-state index contributed by atoms with van der Waals surface area (Å²) in [5.41, 5.74) is 10.2. The molecule has 28 heavy (non-hydrogen) atoms. The SMILES string of the molecule is Cc1cc(F)c(O)c(C)c1-n1c(N)c(C(N)=O)c2cc(C(F)(F)F)c(C)nc21. The summed E-state index contributed by atoms with van der Waals surface area (Å²) in [5, 5.41) is 9.78. The predicted octanol–water partition coefficient (Wildman–Crippen LogP) is 3.50. The lowest BCUT2D eigenvalue weighted by atomic mass is 10.1. The quantitative estimate of drug-likeness (QED) is 0.576. The number of carbonyl (C=O) groups excluding carboxylic acids is 1. The number of nitrogens with two attached hydrogens (primary N) is 2. The van der Waals surface area contributed by atoms with Crippen molar-refractivity contribution in [1.82, 2.24) is 9.55 Å². The first-order chi connectivity index (χ1) is 12.9. The molecular weight excluding hydrogens is 380 g/mol. The number of pyridine rings is 1. The summed E-state index contributed by atoms with van der Waals surface area (Å²) in [6.45, 7) is 4.10. The van der Waals surface area contributed by atoms with Crippen molar-refractivity contribution in [2.75, 3.05) is 5.73 Å². The number of halogens is 4. The van der Waals surface area contributed by atoms with Gasteiger partial charge in [-0.3, -0.25) is 9.36 Å². The molecule has 0 radical (unpaired) electrons. The van der Waals surface area contributed by atoms with Crippen molar-refractivity contribution in [3.63, 3.8) is 0 Å². The average Bonchev–Trinajstić information content (AvgIpc) is 2.83. The van der Waals surface area contributed by atoms with E-state index in [-0.39, 0.29) is 39.4 Å². The molecule has 2 heterocycles. The van der Waals surface area contributed by atoms with Gasteiger partial charge in [-0.1, -0.05) is 0 Å². The standard InChI is InChI=1S/C18H16F4N4O2/c1-6-4-11(19)14(27)7(2)13(6)26-15(23)12(16(24)28)9-5-10(18(20,21)22)8(3)25-17(9)26/h4-5,27H,23H2,1-3H3,(H2,24,28). The van der Waals surface area contributed by atoms with Crippen molar-refractivity contribution >= 4 is 22.8 Å². The van der Waals surface area contributed by atoms with Crippen molar-refractivity contribution in [3.05, 3.63) is 45.9 Å². The summed E-state index contributed by atoms with van der Waals surface area (Å²) in [6.07, 6.45) is -4.70. The molecule has 148 valence electrons. The Hall–Kier alpha value is -3.30. The number of nitrogens with zero attached hydrogens (tertiary/aromatic N) is 2. The topological polar surface area (TPSA) is 107 Å². The number of alkyl halides is 3. The van der Waals surface area contributed by atoms with Gasteiger partial charge in [0.1, 0.15) is 11.5 Å². The van der Waals surface area contributed by atoms with E-state index >= 15 is 0 Å². The van der Waals surface area contributed by atoms with Crippen molar-refractivity contribution < 1.29 is 27.5 Å². The second-order valence-electron chi connectivity index (χ2n) is 6.45. The monoisotopic (exact) mass is 396 g/mol. The Morgan fingerprint density at radius 3 is 2.36 bits per heavy atom. The lowest BCUT2D eigenvalue weighted by molar-refractivity contribution is -0.138. The molecule has 0 fully saturated rings. The second kappa shape index (κ2) is 6.11. The van der Waals surface area contributed by atoms with Crippen LogP contribution in [0.25, 0.3) is 16.7 Å². The fourth-order valence-corrected chi connectivity index (χ4v) is 3.34. The van der Waals surface area contributed by atoms with E-state index < -0.39 is 29.2 Å². The summed E-state index contributed by atoms with van der Waals surface area (Å²) in [4.78, 5) is 15.9. The molecule has 0 aliphatic heterocycles. The molecule has 0 unspecified atom stereocenters. The zero-order valence-corrected chi connectivity index (χ0v) is 15.1. The second-order valence-corrected chi connectivity index (χ2v) is 6.45. The number of phenolic OH excluding ortho intramolecular Hbond substituents is 1. The van der Waals surface area contributed by atoms with Crippen LogP contribution in [-0.2, 0) is 6.18 Å². The highest BCUT2D eigenvalue weighted by molar-refractivity contribution is 6.11. The Morgan fingerprint density at radius 1 is 1.21 bits per heavy atom. The molecule has 0 spiro atoms. The van der Waals surface area contributed by atoms with E-state index in [0.29, 0.717) is 5.56 Å². The van der Waals surface area contributed by atoms with Crippen molar-refractivity contribution in [2.24, 2.45) is 5.73 Å². The number of hydrogen-bond donors (Lipinski definition) is 3. The third kappa shape index (κ3) is 2.72. The van der Waals surface area contributed by atoms with Crippen LogP contribution in [0.4, 0.5) is 23.4 Å². The number of primary amides is 1. The van der Waals surface area contributed by atoms with Crippen molar-refractivity contribution in [1.29, 1.82) is 0 Å².